The summed E-state index contributed by atoms with van der Waals surface area (Å²) in [6.07, 6.45) is 4.10. The maximum atomic E-state index is 6.00. The number of fused-ring (bicyclic) bond motifs is 1. The Bertz CT molecular complexity index is 604. The van der Waals surface area contributed by atoms with Crippen molar-refractivity contribution >= 4 is 0 Å². The minimum atomic E-state index is 0.300. The van der Waals surface area contributed by atoms with Gasteiger partial charge in [0.25, 0.3) is 0 Å². The fourth-order valence-corrected chi connectivity index (χ4v) is 3.45. The van der Waals surface area contributed by atoms with Crippen molar-refractivity contribution in [2.75, 3.05) is 13.6 Å². The lowest BCUT2D eigenvalue weighted by Crippen LogP contribution is -2.45. The van der Waals surface area contributed by atoms with Crippen LogP contribution in [0.4, 0.5) is 0 Å². The molecule has 1 aliphatic rings. The highest BCUT2D eigenvalue weighted by Crippen LogP contribution is 2.41. The molecular weight excluding hydrogens is 248 g/mol. The van der Waals surface area contributed by atoms with Crippen molar-refractivity contribution in [3.8, 4) is 0 Å². The Hall–Kier alpha value is -1.65. The number of rotatable bonds is 2. The summed E-state index contributed by atoms with van der Waals surface area (Å²) in [5.41, 5.74) is 10.0. The van der Waals surface area contributed by atoms with E-state index in [1.807, 2.05) is 17.9 Å². The monoisotopic (exact) mass is 270 g/mol. The second-order valence-electron chi connectivity index (χ2n) is 5.71. The van der Waals surface area contributed by atoms with Crippen LogP contribution >= 0.6 is 0 Å². The number of nitrogens with zero attached hydrogens (tertiary/aromatic N) is 3. The predicted octanol–water partition coefficient (Wildman–Crippen LogP) is 1.89. The largest absolute Gasteiger partial charge is 0.329 e. The number of aryl methyl sites for hydroxylation is 1. The van der Waals surface area contributed by atoms with Crippen molar-refractivity contribution in [1.82, 2.24) is 14.7 Å². The van der Waals surface area contributed by atoms with Gasteiger partial charge in [-0.2, -0.15) is 5.10 Å². The van der Waals surface area contributed by atoms with Gasteiger partial charge in [0, 0.05) is 37.8 Å². The van der Waals surface area contributed by atoms with E-state index in [4.69, 9.17) is 5.73 Å². The first kappa shape index (κ1) is 13.3. The number of aromatic nitrogens is 2. The van der Waals surface area contributed by atoms with E-state index in [0.29, 0.717) is 24.5 Å². The Labute approximate surface area is 120 Å². The molecule has 2 heterocycles. The number of hydrogen-bond acceptors (Lipinski definition) is 3. The van der Waals surface area contributed by atoms with E-state index >= 15 is 0 Å². The van der Waals surface area contributed by atoms with Crippen LogP contribution in [-0.2, 0) is 7.05 Å². The molecule has 1 aromatic carbocycles. The molecule has 0 fully saturated rings. The molecule has 0 spiro atoms. The molecule has 0 saturated heterocycles. The summed E-state index contributed by atoms with van der Waals surface area (Å²) in [5, 5.41) is 4.34. The summed E-state index contributed by atoms with van der Waals surface area (Å²) in [5.74, 6) is 0.354. The third kappa shape index (κ3) is 1.96. The Morgan fingerprint density at radius 1 is 1.20 bits per heavy atom. The maximum absolute atomic E-state index is 6.00. The predicted molar refractivity (Wildman–Crippen MR) is 80.5 cm³/mol. The maximum Gasteiger partial charge on any atom is 0.0528 e. The molecule has 0 amide bonds. The van der Waals surface area contributed by atoms with E-state index in [9.17, 15) is 0 Å². The highest BCUT2D eigenvalue weighted by Gasteiger charge is 2.36. The molecule has 20 heavy (non-hydrogen) atoms. The van der Waals surface area contributed by atoms with Gasteiger partial charge in [-0.25, -0.2) is 0 Å². The third-order valence-corrected chi connectivity index (χ3v) is 4.61. The van der Waals surface area contributed by atoms with Gasteiger partial charge in [0.05, 0.1) is 6.20 Å². The molecule has 2 aromatic rings. The zero-order chi connectivity index (χ0) is 14.3. The van der Waals surface area contributed by atoms with E-state index in [1.54, 1.807) is 0 Å². The second-order valence-corrected chi connectivity index (χ2v) is 5.71. The fraction of sp³-hybridized carbons (Fsp3) is 0.438. The van der Waals surface area contributed by atoms with Crippen LogP contribution in [0.2, 0.25) is 0 Å². The van der Waals surface area contributed by atoms with Crippen molar-refractivity contribution in [1.29, 1.82) is 0 Å². The summed E-state index contributed by atoms with van der Waals surface area (Å²) in [6.45, 7) is 2.92. The molecule has 3 unspecified atom stereocenters. The molecule has 2 N–H and O–H groups in total. The van der Waals surface area contributed by atoms with Gasteiger partial charge in [-0.15, -0.1) is 0 Å². The normalized spacial score (nSPS) is 26.5. The van der Waals surface area contributed by atoms with Crippen molar-refractivity contribution in [3.05, 3.63) is 53.3 Å². The summed E-state index contributed by atoms with van der Waals surface area (Å²) in [4.78, 5) is 2.39. The van der Waals surface area contributed by atoms with Crippen molar-refractivity contribution in [2.24, 2.45) is 12.8 Å². The van der Waals surface area contributed by atoms with Crippen LogP contribution in [0, 0.1) is 0 Å². The van der Waals surface area contributed by atoms with Gasteiger partial charge in [0.1, 0.15) is 0 Å². The quantitative estimate of drug-likeness (QED) is 0.906. The Balaban J connectivity index is 2.14. The molecule has 106 valence electrons. The molecule has 0 saturated carbocycles. The third-order valence-electron chi connectivity index (χ3n) is 4.61. The highest BCUT2D eigenvalue weighted by molar-refractivity contribution is 5.42. The molecule has 1 aliphatic heterocycles. The van der Waals surface area contributed by atoms with Gasteiger partial charge in [-0.05, 0) is 30.7 Å². The lowest BCUT2D eigenvalue weighted by Gasteiger charge is -2.43. The van der Waals surface area contributed by atoms with E-state index < -0.39 is 0 Å². The van der Waals surface area contributed by atoms with Gasteiger partial charge in [0.15, 0.2) is 0 Å². The Kier molecular flexibility index (Phi) is 3.36. The van der Waals surface area contributed by atoms with Gasteiger partial charge in [-0.3, -0.25) is 9.58 Å². The first-order chi connectivity index (χ1) is 9.63. The standard InChI is InChI=1S/C16H22N4/c1-11-16(12-9-18-19(2)10-12)14-7-5-4-6-13(14)15(8-17)20(11)3/h4-7,9-11,15-16H,8,17H2,1-3H3. The fourth-order valence-electron chi connectivity index (χ4n) is 3.45. The van der Waals surface area contributed by atoms with Crippen LogP contribution in [-0.4, -0.2) is 34.3 Å². The first-order valence-corrected chi connectivity index (χ1v) is 7.13. The van der Waals surface area contributed by atoms with Crippen LogP contribution in [0.15, 0.2) is 36.7 Å². The number of hydrogen-bond donors (Lipinski definition) is 1. The molecular formula is C16H22N4. The molecule has 3 rings (SSSR count). The average molecular weight is 270 g/mol. The summed E-state index contributed by atoms with van der Waals surface area (Å²) < 4.78 is 1.87. The van der Waals surface area contributed by atoms with Crippen molar-refractivity contribution in [3.63, 3.8) is 0 Å². The molecule has 0 aliphatic carbocycles. The number of likely N-dealkylation sites (N-methyl/N-ethyl adjacent to an activating group) is 1. The van der Waals surface area contributed by atoms with Crippen LogP contribution in [0.3, 0.4) is 0 Å². The number of nitrogens with two attached hydrogens (primary N) is 1. The molecule has 4 heteroatoms. The molecule has 0 bridgehead atoms. The van der Waals surface area contributed by atoms with Gasteiger partial charge < -0.3 is 5.73 Å². The minimum absolute atomic E-state index is 0.300. The van der Waals surface area contributed by atoms with E-state index in [0.717, 1.165) is 0 Å². The summed E-state index contributed by atoms with van der Waals surface area (Å²) >= 11 is 0. The molecule has 0 radical (unpaired) electrons. The van der Waals surface area contributed by atoms with Gasteiger partial charge >= 0.3 is 0 Å². The van der Waals surface area contributed by atoms with Crippen LogP contribution < -0.4 is 5.73 Å². The van der Waals surface area contributed by atoms with Gasteiger partial charge in [0.2, 0.25) is 0 Å². The lowest BCUT2D eigenvalue weighted by atomic mass is 9.78. The van der Waals surface area contributed by atoms with E-state index in [-0.39, 0.29) is 0 Å². The van der Waals surface area contributed by atoms with Crippen LogP contribution in [0.1, 0.15) is 35.6 Å². The molecule has 1 aromatic heterocycles. The topological polar surface area (TPSA) is 47.1 Å². The molecule has 3 atom stereocenters. The summed E-state index contributed by atoms with van der Waals surface area (Å²) in [6, 6.07) is 9.37. The lowest BCUT2D eigenvalue weighted by molar-refractivity contribution is 0.156. The minimum Gasteiger partial charge on any atom is -0.329 e. The second kappa shape index (κ2) is 5.04. The molecule has 4 nitrogen and oxygen atoms in total. The highest BCUT2D eigenvalue weighted by atomic mass is 15.2. The van der Waals surface area contributed by atoms with Crippen molar-refractivity contribution < 1.29 is 0 Å². The zero-order valence-corrected chi connectivity index (χ0v) is 12.3. The SMILES string of the molecule is CC1C(c2cnn(C)c2)c2ccccc2C(CN)N1C. The van der Waals surface area contributed by atoms with E-state index in [2.05, 4.69) is 54.4 Å². The zero-order valence-electron chi connectivity index (χ0n) is 12.3. The van der Waals surface area contributed by atoms with Crippen molar-refractivity contribution in [2.45, 2.75) is 24.9 Å². The Morgan fingerprint density at radius 2 is 1.90 bits per heavy atom. The average Bonchev–Trinajstić information content (AvgIpc) is 2.87. The smallest absolute Gasteiger partial charge is 0.0528 e. The van der Waals surface area contributed by atoms with Gasteiger partial charge in [-0.1, -0.05) is 24.3 Å². The Morgan fingerprint density at radius 3 is 2.50 bits per heavy atom. The van der Waals surface area contributed by atoms with Crippen LogP contribution in [0.25, 0.3) is 0 Å². The van der Waals surface area contributed by atoms with E-state index in [1.165, 1.54) is 16.7 Å². The first-order valence-electron chi connectivity index (χ1n) is 7.13. The van der Waals surface area contributed by atoms with Crippen LogP contribution in [0.5, 0.6) is 0 Å². The number of benzene rings is 1. The summed E-state index contributed by atoms with van der Waals surface area (Å²) in [7, 11) is 4.14.